The summed E-state index contributed by atoms with van der Waals surface area (Å²) >= 11 is 0. The number of amides is 1. The maximum absolute atomic E-state index is 12.1. The topological polar surface area (TPSA) is 86.5 Å². The fraction of sp³-hybridized carbons (Fsp3) is 0.765. The Morgan fingerprint density at radius 3 is 2.52 bits per heavy atom. The summed E-state index contributed by atoms with van der Waals surface area (Å²) in [6, 6.07) is 0. The summed E-state index contributed by atoms with van der Waals surface area (Å²) in [5.41, 5.74) is -0.268. The molecular formula is C17H28N4O4. The number of rotatable bonds is 3. The number of aromatic nitrogens is 3. The van der Waals surface area contributed by atoms with Crippen molar-refractivity contribution < 1.29 is 19.1 Å². The molecule has 25 heavy (non-hydrogen) atoms. The van der Waals surface area contributed by atoms with E-state index in [1.165, 1.54) is 4.68 Å². The molecule has 0 radical (unpaired) electrons. The third kappa shape index (κ3) is 5.44. The molecule has 0 N–H and O–H groups in total. The van der Waals surface area contributed by atoms with E-state index in [9.17, 15) is 9.59 Å². The molecule has 1 aliphatic heterocycles. The van der Waals surface area contributed by atoms with Gasteiger partial charge >= 0.3 is 12.1 Å². The van der Waals surface area contributed by atoms with E-state index >= 15 is 0 Å². The molecule has 0 aromatic carbocycles. The minimum atomic E-state index is -0.553. The number of esters is 1. The van der Waals surface area contributed by atoms with Gasteiger partial charge in [-0.25, -0.2) is 9.48 Å². The smallest absolute Gasteiger partial charge is 0.410 e. The Balaban J connectivity index is 1.89. The van der Waals surface area contributed by atoms with Gasteiger partial charge in [0, 0.05) is 19.0 Å². The van der Waals surface area contributed by atoms with Crippen LogP contribution in [0.3, 0.4) is 0 Å². The van der Waals surface area contributed by atoms with Crippen molar-refractivity contribution in [3.05, 3.63) is 11.9 Å². The minimum absolute atomic E-state index is 0.0333. The maximum Gasteiger partial charge on any atom is 0.410 e. The van der Waals surface area contributed by atoms with Crippen LogP contribution in [0.5, 0.6) is 0 Å². The molecule has 140 valence electrons. The second-order valence-electron chi connectivity index (χ2n) is 8.41. The van der Waals surface area contributed by atoms with Crippen molar-refractivity contribution in [1.82, 2.24) is 19.9 Å². The second kappa shape index (κ2) is 7.01. The highest BCUT2D eigenvalue weighted by atomic mass is 16.6. The monoisotopic (exact) mass is 352 g/mol. The Hall–Kier alpha value is -2.12. The summed E-state index contributed by atoms with van der Waals surface area (Å²) in [4.78, 5) is 25.6. The molecule has 2 heterocycles. The first-order valence-electron chi connectivity index (χ1n) is 8.51. The van der Waals surface area contributed by atoms with Crippen LogP contribution in [-0.4, -0.2) is 50.6 Å². The van der Waals surface area contributed by atoms with Gasteiger partial charge in [0.2, 0.25) is 0 Å². The van der Waals surface area contributed by atoms with Crippen LogP contribution in [0.15, 0.2) is 6.20 Å². The predicted octanol–water partition coefficient (Wildman–Crippen LogP) is 2.55. The first-order chi connectivity index (χ1) is 11.5. The molecule has 0 spiro atoms. The highest BCUT2D eigenvalue weighted by Gasteiger charge is 2.32. The standard InChI is InChI=1S/C17H28N4O4/c1-16(2,3)14(22)24-11-21-10-13(18-19-21)12-7-8-20(9-12)15(23)25-17(4,5)6/h10,12H,7-9,11H2,1-6H3. The third-order valence-corrected chi connectivity index (χ3v) is 3.75. The molecule has 0 aliphatic carbocycles. The molecule has 1 aliphatic rings. The molecule has 1 fully saturated rings. The number of carbonyl (C=O) groups is 2. The molecule has 1 atom stereocenters. The SMILES string of the molecule is CC(C)(C)OC(=O)N1CCC(c2cn(COC(=O)C(C)(C)C)nn2)C1. The van der Waals surface area contributed by atoms with Crippen LogP contribution in [0, 0.1) is 5.41 Å². The zero-order valence-electron chi connectivity index (χ0n) is 15.9. The van der Waals surface area contributed by atoms with E-state index in [1.54, 1.807) is 31.9 Å². The van der Waals surface area contributed by atoms with E-state index in [2.05, 4.69) is 10.3 Å². The summed E-state index contributed by atoms with van der Waals surface area (Å²) in [6.07, 6.45) is 2.26. The number of carbonyl (C=O) groups excluding carboxylic acids is 2. The predicted molar refractivity (Wildman–Crippen MR) is 90.7 cm³/mol. The van der Waals surface area contributed by atoms with Crippen molar-refractivity contribution >= 4 is 12.1 Å². The van der Waals surface area contributed by atoms with Crippen LogP contribution >= 0.6 is 0 Å². The maximum atomic E-state index is 12.1. The Labute approximate surface area is 148 Å². The van der Waals surface area contributed by atoms with Crippen LogP contribution in [0.25, 0.3) is 0 Å². The lowest BCUT2D eigenvalue weighted by Gasteiger charge is -2.24. The second-order valence-corrected chi connectivity index (χ2v) is 8.41. The number of ether oxygens (including phenoxy) is 2. The van der Waals surface area contributed by atoms with Crippen LogP contribution in [0.2, 0.25) is 0 Å². The molecule has 8 heteroatoms. The zero-order valence-corrected chi connectivity index (χ0v) is 15.9. The van der Waals surface area contributed by atoms with E-state index in [-0.39, 0.29) is 24.7 Å². The summed E-state index contributed by atoms with van der Waals surface area (Å²) in [6.45, 7) is 12.2. The summed E-state index contributed by atoms with van der Waals surface area (Å²) in [7, 11) is 0. The fourth-order valence-corrected chi connectivity index (χ4v) is 2.40. The van der Waals surface area contributed by atoms with Gasteiger partial charge in [0.25, 0.3) is 0 Å². The highest BCUT2D eigenvalue weighted by molar-refractivity contribution is 5.75. The Morgan fingerprint density at radius 2 is 1.92 bits per heavy atom. The first kappa shape index (κ1) is 19.2. The average molecular weight is 352 g/mol. The molecule has 2 rings (SSSR count). The molecule has 0 saturated carbocycles. The molecule has 8 nitrogen and oxygen atoms in total. The van der Waals surface area contributed by atoms with Gasteiger partial charge in [-0.1, -0.05) is 5.21 Å². The fourth-order valence-electron chi connectivity index (χ4n) is 2.40. The van der Waals surface area contributed by atoms with Crippen LogP contribution in [0.1, 0.15) is 59.6 Å². The van der Waals surface area contributed by atoms with Gasteiger partial charge in [0.15, 0.2) is 6.73 Å². The van der Waals surface area contributed by atoms with E-state index in [0.717, 1.165) is 12.1 Å². The van der Waals surface area contributed by atoms with Gasteiger partial charge in [0.1, 0.15) is 5.60 Å². The highest BCUT2D eigenvalue weighted by Crippen LogP contribution is 2.26. The normalized spacial score (nSPS) is 18.3. The van der Waals surface area contributed by atoms with Crippen molar-refractivity contribution in [2.75, 3.05) is 13.1 Å². The van der Waals surface area contributed by atoms with Crippen molar-refractivity contribution in [1.29, 1.82) is 0 Å². The third-order valence-electron chi connectivity index (χ3n) is 3.75. The van der Waals surface area contributed by atoms with Crippen molar-refractivity contribution in [2.24, 2.45) is 5.41 Å². The zero-order chi connectivity index (χ0) is 18.8. The molecule has 1 unspecified atom stereocenters. The Kier molecular flexibility index (Phi) is 5.39. The summed E-state index contributed by atoms with van der Waals surface area (Å²) < 4.78 is 12.1. The number of hydrogen-bond acceptors (Lipinski definition) is 6. The van der Waals surface area contributed by atoms with Gasteiger partial charge in [0.05, 0.1) is 17.3 Å². The largest absolute Gasteiger partial charge is 0.444 e. The number of likely N-dealkylation sites (tertiary alicyclic amines) is 1. The Bertz CT molecular complexity index is 627. The molecule has 0 bridgehead atoms. The van der Waals surface area contributed by atoms with Gasteiger partial charge in [-0.3, -0.25) is 4.79 Å². The van der Waals surface area contributed by atoms with Gasteiger partial charge in [-0.2, -0.15) is 0 Å². The molecule has 1 saturated heterocycles. The van der Waals surface area contributed by atoms with E-state index in [0.29, 0.717) is 13.1 Å². The van der Waals surface area contributed by atoms with Crippen molar-refractivity contribution in [3.63, 3.8) is 0 Å². The molecule has 1 aromatic rings. The molecule has 1 amide bonds. The van der Waals surface area contributed by atoms with Gasteiger partial charge in [-0.05, 0) is 48.0 Å². The van der Waals surface area contributed by atoms with Crippen LogP contribution < -0.4 is 0 Å². The van der Waals surface area contributed by atoms with Crippen molar-refractivity contribution in [3.8, 4) is 0 Å². The lowest BCUT2D eigenvalue weighted by atomic mass is 9.98. The lowest BCUT2D eigenvalue weighted by Crippen LogP contribution is -2.35. The first-order valence-corrected chi connectivity index (χ1v) is 8.51. The van der Waals surface area contributed by atoms with E-state index in [4.69, 9.17) is 9.47 Å². The van der Waals surface area contributed by atoms with E-state index < -0.39 is 11.0 Å². The quantitative estimate of drug-likeness (QED) is 0.777. The number of hydrogen-bond donors (Lipinski definition) is 0. The van der Waals surface area contributed by atoms with Crippen molar-refractivity contribution in [2.45, 2.75) is 66.2 Å². The summed E-state index contributed by atoms with van der Waals surface area (Å²) in [5.74, 6) is -0.180. The van der Waals surface area contributed by atoms with E-state index in [1.807, 2.05) is 20.8 Å². The average Bonchev–Trinajstić information content (AvgIpc) is 3.10. The number of nitrogens with zero attached hydrogens (tertiary/aromatic N) is 4. The van der Waals surface area contributed by atoms with Crippen LogP contribution in [0.4, 0.5) is 4.79 Å². The lowest BCUT2D eigenvalue weighted by molar-refractivity contribution is -0.157. The Morgan fingerprint density at radius 1 is 1.24 bits per heavy atom. The molecule has 1 aromatic heterocycles. The van der Waals surface area contributed by atoms with Gasteiger partial charge in [-0.15, -0.1) is 5.10 Å². The van der Waals surface area contributed by atoms with Gasteiger partial charge < -0.3 is 14.4 Å². The summed E-state index contributed by atoms with van der Waals surface area (Å²) in [5, 5.41) is 8.15. The molecular weight excluding hydrogens is 324 g/mol. The minimum Gasteiger partial charge on any atom is -0.444 e. The van der Waals surface area contributed by atoms with Crippen LogP contribution in [-0.2, 0) is 21.0 Å².